The Morgan fingerprint density at radius 1 is 0.968 bits per heavy atom. The molecule has 2 aliphatic rings. The molecule has 62 heavy (non-hydrogen) atoms. The first-order valence-corrected chi connectivity index (χ1v) is 20.5. The number of benzene rings is 2. The minimum atomic E-state index is -1.46. The van der Waals surface area contributed by atoms with Gasteiger partial charge in [-0.1, -0.05) is 17.8 Å². The van der Waals surface area contributed by atoms with Crippen molar-refractivity contribution in [3.63, 3.8) is 0 Å². The summed E-state index contributed by atoms with van der Waals surface area (Å²) in [6.07, 6.45) is 6.93. The number of hydrogen-bond donors (Lipinski definition) is 3. The van der Waals surface area contributed by atoms with E-state index in [2.05, 4.69) is 38.4 Å². The summed E-state index contributed by atoms with van der Waals surface area (Å²) >= 11 is 0. The van der Waals surface area contributed by atoms with Crippen LogP contribution in [0.5, 0.6) is 0 Å². The van der Waals surface area contributed by atoms with Crippen molar-refractivity contribution >= 4 is 46.3 Å². The molecule has 1 aromatic heterocycles. The maximum Gasteiger partial charge on any atom is 0.341 e. The van der Waals surface area contributed by atoms with Gasteiger partial charge in [-0.25, -0.2) is 14.6 Å². The highest BCUT2D eigenvalue weighted by atomic mass is 16.6. The number of esters is 3. The number of carbonyl (C=O) groups excluding carboxylic acids is 5. The molecule has 1 heterocycles. The zero-order valence-corrected chi connectivity index (χ0v) is 37.2. The second kappa shape index (κ2) is 18.4. The van der Waals surface area contributed by atoms with Crippen molar-refractivity contribution in [1.82, 2.24) is 20.6 Å². The lowest BCUT2D eigenvalue weighted by molar-refractivity contribution is -0.161. The lowest BCUT2D eigenvalue weighted by atomic mass is 10.0. The molecule has 15 nitrogen and oxygen atoms in total. The van der Waals surface area contributed by atoms with Crippen LogP contribution in [0.1, 0.15) is 121 Å². The highest BCUT2D eigenvalue weighted by Crippen LogP contribution is 2.48. The van der Waals surface area contributed by atoms with Crippen LogP contribution in [0.25, 0.3) is 10.9 Å². The van der Waals surface area contributed by atoms with E-state index in [1.165, 1.54) is 7.11 Å². The SMILES string of the molecule is C#CCN(c1ccc(C(=O)N[C@@H](C#CCC(=O)NC2(C(=O)OC(C)(C)C)CC2CC(=O)OC(C)(C)C)C(=O)OC(C)(C)C)cc1)C1CCc2cc3nc(COC)[nH]c(=O)c3cc21. The molecule has 2 amide bonds. The first-order chi connectivity index (χ1) is 28.9. The Morgan fingerprint density at radius 3 is 2.24 bits per heavy atom. The van der Waals surface area contributed by atoms with Crippen LogP contribution >= 0.6 is 0 Å². The third-order valence-electron chi connectivity index (χ3n) is 9.92. The third-order valence-corrected chi connectivity index (χ3v) is 9.92. The number of carbonyl (C=O) groups is 5. The topological polar surface area (TPSA) is 195 Å². The number of methoxy groups -OCH3 is 1. The van der Waals surface area contributed by atoms with E-state index in [4.69, 9.17) is 25.4 Å². The molecule has 3 N–H and O–H groups in total. The van der Waals surface area contributed by atoms with Gasteiger partial charge in [0.1, 0.15) is 34.8 Å². The highest BCUT2D eigenvalue weighted by Gasteiger charge is 2.63. The lowest BCUT2D eigenvalue weighted by Gasteiger charge is -2.30. The Kier molecular flexibility index (Phi) is 13.9. The highest BCUT2D eigenvalue weighted by molar-refractivity contribution is 5.98. The van der Waals surface area contributed by atoms with Crippen molar-refractivity contribution in [2.75, 3.05) is 18.6 Å². The van der Waals surface area contributed by atoms with Crippen LogP contribution in [0.15, 0.2) is 41.2 Å². The predicted molar refractivity (Wildman–Crippen MR) is 232 cm³/mol. The molecule has 2 aromatic carbocycles. The standard InChI is InChI=1S/C47H57N5O10/c1-12-22-52(36-21-18-29-23-35-33(25-32(29)36)41(56)50-37(48-35)27-59-11)31-19-16-28(17-20-31)40(55)49-34(42(57)61-45(5,6)7)14-13-15-38(53)51-47(43(58)62-46(8,9)10)26-30(47)24-39(54)60-44(2,3)4/h1,16-17,19-20,23,25,30,34,36H,15,18,21-22,24,26-27H2,2-11H3,(H,49,55)(H,51,53)(H,48,50,56)/t30?,34-,36?,47?/m0/s1. The van der Waals surface area contributed by atoms with Crippen LogP contribution in [0.3, 0.4) is 0 Å². The average molecular weight is 852 g/mol. The molecule has 15 heteroatoms. The number of hydrogen-bond acceptors (Lipinski definition) is 12. The van der Waals surface area contributed by atoms with Crippen LogP contribution < -0.4 is 21.1 Å². The smallest absolute Gasteiger partial charge is 0.341 e. The summed E-state index contributed by atoms with van der Waals surface area (Å²) in [7, 11) is 1.53. The zero-order valence-electron chi connectivity index (χ0n) is 37.2. The Balaban J connectivity index is 1.31. The van der Waals surface area contributed by atoms with Gasteiger partial charge in [0.15, 0.2) is 6.04 Å². The van der Waals surface area contributed by atoms with Crippen molar-refractivity contribution in [3.05, 3.63) is 69.3 Å². The van der Waals surface area contributed by atoms with Gasteiger partial charge in [0.2, 0.25) is 5.91 Å². The van der Waals surface area contributed by atoms with E-state index in [1.54, 1.807) is 86.6 Å². The monoisotopic (exact) mass is 851 g/mol. The molecule has 4 atom stereocenters. The van der Waals surface area contributed by atoms with Gasteiger partial charge in [0.25, 0.3) is 11.5 Å². The fourth-order valence-electron chi connectivity index (χ4n) is 7.32. The number of aryl methyl sites for hydroxylation is 1. The lowest BCUT2D eigenvalue weighted by Crippen LogP contribution is -2.48. The normalized spacial score (nSPS) is 18.5. The molecule has 3 unspecified atom stereocenters. The number of amides is 2. The number of ether oxygens (including phenoxy) is 4. The summed E-state index contributed by atoms with van der Waals surface area (Å²) in [6.45, 7) is 15.7. The van der Waals surface area contributed by atoms with Crippen molar-refractivity contribution in [2.24, 2.45) is 5.92 Å². The van der Waals surface area contributed by atoms with Gasteiger partial charge in [-0.15, -0.1) is 6.42 Å². The summed E-state index contributed by atoms with van der Waals surface area (Å²) in [5.41, 5.74) is -0.654. The molecule has 0 aliphatic heterocycles. The van der Waals surface area contributed by atoms with Crippen LogP contribution in [-0.4, -0.2) is 81.7 Å². The summed E-state index contributed by atoms with van der Waals surface area (Å²) in [4.78, 5) is 88.5. The zero-order chi connectivity index (χ0) is 45.8. The summed E-state index contributed by atoms with van der Waals surface area (Å²) in [5.74, 6) is 4.63. The molecular formula is C47H57N5O10. The van der Waals surface area contributed by atoms with E-state index in [0.29, 0.717) is 16.7 Å². The molecule has 5 rings (SSSR count). The number of aromatic nitrogens is 2. The second-order valence-corrected chi connectivity index (χ2v) is 18.6. The van der Waals surface area contributed by atoms with Crippen LogP contribution in [0, 0.1) is 30.1 Å². The fraction of sp³-hybridized carbons (Fsp3) is 0.511. The minimum absolute atomic E-state index is 0.110. The number of terminal acetylenes is 1. The number of H-pyrrole nitrogens is 1. The molecule has 0 bridgehead atoms. The predicted octanol–water partition coefficient (Wildman–Crippen LogP) is 4.98. The van der Waals surface area contributed by atoms with Crippen molar-refractivity contribution in [2.45, 2.75) is 135 Å². The maximum atomic E-state index is 13.6. The molecule has 1 fully saturated rings. The van der Waals surface area contributed by atoms with Crippen molar-refractivity contribution in [1.29, 1.82) is 0 Å². The van der Waals surface area contributed by atoms with Crippen LogP contribution in [0.4, 0.5) is 5.69 Å². The average Bonchev–Trinajstić information content (AvgIpc) is 3.67. The fourth-order valence-corrected chi connectivity index (χ4v) is 7.32. The van der Waals surface area contributed by atoms with Gasteiger partial charge in [0.05, 0.1) is 36.3 Å². The van der Waals surface area contributed by atoms with Gasteiger partial charge in [-0.05, 0) is 129 Å². The van der Waals surface area contributed by atoms with E-state index in [9.17, 15) is 28.8 Å². The molecule has 0 saturated heterocycles. The molecule has 1 saturated carbocycles. The largest absolute Gasteiger partial charge is 0.460 e. The summed E-state index contributed by atoms with van der Waals surface area (Å²) < 4.78 is 21.7. The van der Waals surface area contributed by atoms with Crippen molar-refractivity contribution in [3.8, 4) is 24.2 Å². The third kappa shape index (κ3) is 12.0. The van der Waals surface area contributed by atoms with E-state index < -0.39 is 70.4 Å². The van der Waals surface area contributed by atoms with E-state index in [0.717, 1.165) is 29.7 Å². The van der Waals surface area contributed by atoms with Gasteiger partial charge in [0, 0.05) is 24.3 Å². The number of aromatic amines is 1. The second-order valence-electron chi connectivity index (χ2n) is 18.6. The Morgan fingerprint density at radius 2 is 1.63 bits per heavy atom. The molecule has 3 aromatic rings. The molecule has 0 radical (unpaired) electrons. The quantitative estimate of drug-likeness (QED) is 0.119. The minimum Gasteiger partial charge on any atom is -0.460 e. The first kappa shape index (κ1) is 46.9. The van der Waals surface area contributed by atoms with Gasteiger partial charge >= 0.3 is 17.9 Å². The molecule has 0 spiro atoms. The van der Waals surface area contributed by atoms with Crippen molar-refractivity contribution < 1.29 is 42.9 Å². The number of fused-ring (bicyclic) bond motifs is 2. The summed E-state index contributed by atoms with van der Waals surface area (Å²) in [6, 6.07) is 8.91. The van der Waals surface area contributed by atoms with Gasteiger partial charge < -0.3 is 39.5 Å². The van der Waals surface area contributed by atoms with E-state index in [-0.39, 0.29) is 43.2 Å². The Bertz CT molecular complexity index is 2380. The van der Waals surface area contributed by atoms with E-state index in [1.807, 2.05) is 17.0 Å². The van der Waals surface area contributed by atoms with Gasteiger partial charge in [-0.3, -0.25) is 19.2 Å². The van der Waals surface area contributed by atoms with Crippen LogP contribution in [0.2, 0.25) is 0 Å². The molecular weight excluding hydrogens is 795 g/mol. The first-order valence-electron chi connectivity index (χ1n) is 20.5. The summed E-state index contributed by atoms with van der Waals surface area (Å²) in [5, 5.41) is 5.80. The molecule has 330 valence electrons. The van der Waals surface area contributed by atoms with Gasteiger partial charge in [-0.2, -0.15) is 0 Å². The number of rotatable bonds is 13. The molecule has 2 aliphatic carbocycles. The number of nitrogens with one attached hydrogen (secondary N) is 3. The Hall–Kier alpha value is -6.19. The maximum absolute atomic E-state index is 13.6. The Labute approximate surface area is 362 Å². The number of anilines is 1. The van der Waals surface area contributed by atoms with E-state index >= 15 is 0 Å². The number of nitrogens with zero attached hydrogens (tertiary/aromatic N) is 2. The van der Waals surface area contributed by atoms with Crippen LogP contribution in [-0.2, 0) is 51.2 Å².